The molecule has 3 nitrogen and oxygen atoms in total. The molecular weight excluding hydrogens is 465 g/mol. The maximum absolute atomic E-state index is 13.0. The van der Waals surface area contributed by atoms with Gasteiger partial charge in [-0.25, -0.2) is 4.98 Å². The van der Waals surface area contributed by atoms with Crippen LogP contribution in [0.2, 0.25) is 0 Å². The second-order valence-corrected chi connectivity index (χ2v) is 12.3. The quantitative estimate of drug-likeness (QED) is 0.264. The monoisotopic (exact) mass is 488 g/mol. The number of benzene rings is 2. The van der Waals surface area contributed by atoms with Crippen molar-refractivity contribution < 1.29 is 4.21 Å². The molecule has 1 atom stereocenters. The van der Waals surface area contributed by atoms with E-state index >= 15 is 0 Å². The van der Waals surface area contributed by atoms with Gasteiger partial charge in [-0.15, -0.1) is 11.3 Å². The first-order chi connectivity index (χ1) is 15.9. The molecular formula is C27H24N2OS3. The van der Waals surface area contributed by atoms with Gasteiger partial charge >= 0.3 is 0 Å². The molecule has 0 saturated heterocycles. The summed E-state index contributed by atoms with van der Waals surface area (Å²) >= 11 is 2.99. The van der Waals surface area contributed by atoms with E-state index in [1.165, 1.54) is 17.3 Å². The summed E-state index contributed by atoms with van der Waals surface area (Å²) in [5, 5.41) is 13.0. The van der Waals surface area contributed by atoms with Crippen molar-refractivity contribution in [1.29, 1.82) is 5.26 Å². The molecule has 0 amide bonds. The highest BCUT2D eigenvalue weighted by atomic mass is 32.2. The van der Waals surface area contributed by atoms with Gasteiger partial charge < -0.3 is 0 Å². The Labute approximate surface area is 206 Å². The second kappa shape index (κ2) is 10.0. The minimum Gasteiger partial charge on any atom is -0.253 e. The summed E-state index contributed by atoms with van der Waals surface area (Å²) in [4.78, 5) is 6.62. The number of hydrogen-bond donors (Lipinski definition) is 0. The molecule has 0 unspecified atom stereocenters. The third-order valence-corrected chi connectivity index (χ3v) is 8.83. The van der Waals surface area contributed by atoms with Crippen LogP contribution in [0, 0.1) is 11.3 Å². The fourth-order valence-electron chi connectivity index (χ4n) is 3.41. The van der Waals surface area contributed by atoms with Crippen LogP contribution in [-0.4, -0.2) is 14.3 Å². The molecule has 2 aromatic heterocycles. The van der Waals surface area contributed by atoms with Crippen LogP contribution < -0.4 is 0 Å². The number of nitrogens with zero attached hydrogens (tertiary/aromatic N) is 2. The molecule has 0 aliphatic carbocycles. The number of rotatable bonds is 6. The van der Waals surface area contributed by atoms with Crippen molar-refractivity contribution in [3.8, 4) is 27.8 Å². The Balaban J connectivity index is 1.66. The lowest BCUT2D eigenvalue weighted by Gasteiger charge is -2.19. The predicted octanol–water partition coefficient (Wildman–Crippen LogP) is 7.50. The van der Waals surface area contributed by atoms with E-state index in [1.807, 2.05) is 78.2 Å². The lowest BCUT2D eigenvalue weighted by atomic mass is 9.87. The normalized spacial score (nSPS) is 12.3. The topological polar surface area (TPSA) is 53.8 Å². The molecule has 6 heteroatoms. The molecule has 0 aliphatic rings. The number of pyridine rings is 1. The Hall–Kier alpha value is -2.72. The van der Waals surface area contributed by atoms with Gasteiger partial charge in [0.15, 0.2) is 0 Å². The van der Waals surface area contributed by atoms with Gasteiger partial charge in [-0.05, 0) is 46.2 Å². The zero-order valence-electron chi connectivity index (χ0n) is 18.7. The lowest BCUT2D eigenvalue weighted by Crippen LogP contribution is -2.10. The van der Waals surface area contributed by atoms with Gasteiger partial charge in [0.2, 0.25) is 0 Å². The number of thiophene rings is 1. The first-order valence-electron chi connectivity index (χ1n) is 10.5. The Bertz CT molecular complexity index is 1300. The van der Waals surface area contributed by atoms with Crippen molar-refractivity contribution in [2.75, 3.05) is 5.08 Å². The average Bonchev–Trinajstić information content (AvgIpc) is 3.37. The summed E-state index contributed by atoms with van der Waals surface area (Å²) in [5.74, 6) is 0. The Morgan fingerprint density at radius 1 is 1.03 bits per heavy atom. The molecule has 33 heavy (non-hydrogen) atoms. The van der Waals surface area contributed by atoms with E-state index in [9.17, 15) is 9.47 Å². The van der Waals surface area contributed by atoms with Gasteiger partial charge in [-0.3, -0.25) is 4.21 Å². The van der Waals surface area contributed by atoms with Crippen LogP contribution in [0.1, 0.15) is 31.9 Å². The van der Waals surface area contributed by atoms with E-state index < -0.39 is 10.8 Å². The third kappa shape index (κ3) is 5.44. The lowest BCUT2D eigenvalue weighted by molar-refractivity contribution is 0.589. The van der Waals surface area contributed by atoms with Gasteiger partial charge in [0.1, 0.15) is 11.1 Å². The smallest absolute Gasteiger partial charge is 0.116 e. The van der Waals surface area contributed by atoms with E-state index in [0.717, 1.165) is 26.6 Å². The number of nitriles is 1. The summed E-state index contributed by atoms with van der Waals surface area (Å²) in [6, 6.07) is 26.2. The first-order valence-corrected chi connectivity index (χ1v) is 13.7. The Morgan fingerprint density at radius 2 is 1.76 bits per heavy atom. The highest BCUT2D eigenvalue weighted by Crippen LogP contribution is 2.36. The molecule has 0 radical (unpaired) electrons. The highest BCUT2D eigenvalue weighted by molar-refractivity contribution is 8.10. The van der Waals surface area contributed by atoms with Crippen molar-refractivity contribution in [2.24, 2.45) is 0 Å². The standard InChI is InChI=1S/C27H24N2OS3/c1-27(2,3)20-11-13-21(14-12-20)33(30)18-32-26-23(17-28)22(19-8-5-4-6-9-19)16-24(29-26)25-10-7-15-31-25/h4-16H,18H2,1-3H3/t33-/m1/s1. The maximum Gasteiger partial charge on any atom is 0.116 e. The van der Waals surface area contributed by atoms with Gasteiger partial charge in [0.05, 0.1) is 32.0 Å². The van der Waals surface area contributed by atoms with Crippen LogP contribution in [0.15, 0.2) is 88.1 Å². The van der Waals surface area contributed by atoms with Gasteiger partial charge in [-0.1, -0.05) is 81.1 Å². The highest BCUT2D eigenvalue weighted by Gasteiger charge is 2.18. The zero-order chi connectivity index (χ0) is 23.4. The molecule has 0 N–H and O–H groups in total. The average molecular weight is 489 g/mol. The fraction of sp³-hybridized carbons (Fsp3) is 0.185. The molecule has 0 spiro atoms. The molecule has 0 bridgehead atoms. The molecule has 0 saturated carbocycles. The van der Waals surface area contributed by atoms with E-state index in [4.69, 9.17) is 4.98 Å². The van der Waals surface area contributed by atoms with Crippen LogP contribution in [0.3, 0.4) is 0 Å². The molecule has 4 rings (SSSR count). The third-order valence-electron chi connectivity index (χ3n) is 5.24. The largest absolute Gasteiger partial charge is 0.253 e. The summed E-state index contributed by atoms with van der Waals surface area (Å²) in [5.41, 5.74) is 4.42. The summed E-state index contributed by atoms with van der Waals surface area (Å²) in [6.45, 7) is 6.48. The molecule has 166 valence electrons. The first kappa shape index (κ1) is 23.4. The van der Waals surface area contributed by atoms with Gasteiger partial charge in [0, 0.05) is 10.5 Å². The Morgan fingerprint density at radius 3 is 2.36 bits per heavy atom. The van der Waals surface area contributed by atoms with Gasteiger partial charge in [-0.2, -0.15) is 5.26 Å². The molecule has 0 fully saturated rings. The van der Waals surface area contributed by atoms with Crippen molar-refractivity contribution in [3.05, 3.63) is 89.3 Å². The number of aromatic nitrogens is 1. The molecule has 0 aliphatic heterocycles. The number of hydrogen-bond acceptors (Lipinski definition) is 5. The molecule has 2 heterocycles. The predicted molar refractivity (Wildman–Crippen MR) is 140 cm³/mol. The van der Waals surface area contributed by atoms with Crippen LogP contribution in [-0.2, 0) is 16.2 Å². The minimum absolute atomic E-state index is 0.0520. The van der Waals surface area contributed by atoms with Crippen molar-refractivity contribution in [3.63, 3.8) is 0 Å². The van der Waals surface area contributed by atoms with Crippen molar-refractivity contribution in [2.45, 2.75) is 36.1 Å². The van der Waals surface area contributed by atoms with Crippen LogP contribution in [0.5, 0.6) is 0 Å². The zero-order valence-corrected chi connectivity index (χ0v) is 21.2. The maximum atomic E-state index is 13.0. The summed E-state index contributed by atoms with van der Waals surface area (Å²) in [6.07, 6.45) is 0. The van der Waals surface area contributed by atoms with E-state index in [1.54, 1.807) is 11.3 Å². The SMILES string of the molecule is CC(C)(C)c1ccc([S@](=O)CSc2nc(-c3cccs3)cc(-c3ccccc3)c2C#N)cc1. The van der Waals surface area contributed by atoms with E-state index in [0.29, 0.717) is 15.7 Å². The second-order valence-electron chi connectivity index (χ2n) is 8.57. The van der Waals surface area contributed by atoms with Gasteiger partial charge in [0.25, 0.3) is 0 Å². The molecule has 2 aromatic carbocycles. The summed E-state index contributed by atoms with van der Waals surface area (Å²) < 4.78 is 13.0. The fourth-order valence-corrected chi connectivity index (χ4v) is 6.42. The van der Waals surface area contributed by atoms with E-state index in [2.05, 4.69) is 26.8 Å². The van der Waals surface area contributed by atoms with Crippen molar-refractivity contribution in [1.82, 2.24) is 4.98 Å². The van der Waals surface area contributed by atoms with Crippen LogP contribution in [0.25, 0.3) is 21.7 Å². The summed E-state index contributed by atoms with van der Waals surface area (Å²) in [7, 11) is -1.21. The van der Waals surface area contributed by atoms with Crippen LogP contribution in [0.4, 0.5) is 0 Å². The van der Waals surface area contributed by atoms with Crippen LogP contribution >= 0.6 is 23.1 Å². The number of thioether (sulfide) groups is 1. The Kier molecular flexibility index (Phi) is 7.14. The van der Waals surface area contributed by atoms with E-state index in [-0.39, 0.29) is 5.41 Å². The minimum atomic E-state index is -1.21. The molecule has 4 aromatic rings. The van der Waals surface area contributed by atoms with Crippen molar-refractivity contribution >= 4 is 33.9 Å².